The van der Waals surface area contributed by atoms with Crippen molar-refractivity contribution in [1.82, 2.24) is 5.32 Å². The highest BCUT2D eigenvalue weighted by Gasteiger charge is 2.35. The summed E-state index contributed by atoms with van der Waals surface area (Å²) in [4.78, 5) is 21.0. The largest absolute Gasteiger partial charge is 0.371 e. The number of carbonyl (C=O) groups excluding carboxylic acids is 1. The molecule has 0 unspecified atom stereocenters. The molecule has 3 aliphatic rings. The molecule has 4 aromatic carbocycles. The molecule has 0 radical (unpaired) electrons. The maximum absolute atomic E-state index is 12.8. The van der Waals surface area contributed by atoms with Crippen molar-refractivity contribution in [3.63, 3.8) is 0 Å². The Bertz CT molecular complexity index is 1560. The van der Waals surface area contributed by atoms with Crippen molar-refractivity contribution in [2.75, 3.05) is 18.0 Å². The Kier molecular flexibility index (Phi) is 6.70. The number of nitrogens with one attached hydrogen (secondary N) is 1. The molecule has 1 fully saturated rings. The van der Waals surface area contributed by atoms with Crippen LogP contribution in [-0.2, 0) is 4.79 Å². The van der Waals surface area contributed by atoms with Crippen molar-refractivity contribution in [1.29, 1.82) is 0 Å². The first kappa shape index (κ1) is 25.2. The van der Waals surface area contributed by atoms with Crippen molar-refractivity contribution >= 4 is 51.9 Å². The number of carbonyl (C=O) groups is 1. The Morgan fingerprint density at radius 2 is 1.40 bits per heavy atom. The highest BCUT2D eigenvalue weighted by molar-refractivity contribution is 8.18. The first-order valence-electron chi connectivity index (χ1n) is 13.7. The molecule has 4 nitrogen and oxygen atoms in total. The van der Waals surface area contributed by atoms with E-state index < -0.39 is 0 Å². The van der Waals surface area contributed by atoms with Crippen LogP contribution in [0.2, 0.25) is 5.02 Å². The van der Waals surface area contributed by atoms with Gasteiger partial charge in [-0.3, -0.25) is 4.79 Å². The molecule has 0 spiro atoms. The van der Waals surface area contributed by atoms with Crippen molar-refractivity contribution < 1.29 is 4.79 Å². The minimum atomic E-state index is -0.131. The SMILES string of the molecule is O=C1NC(=Nc2cc3c4c(c2)[C@@H](c2ccccc2)CCN4CC[C@@H]3c2ccccc2)S/C1=C\c1ccc(Cl)cc1. The standard InChI is InChI=1S/C34H28ClN3OS/c35-25-13-11-22(12-14-25)19-31-33(39)37-34(40-31)36-26-20-29-27(23-7-3-1-4-8-23)15-17-38-18-16-28(30(21-26)32(29)38)24-9-5-2-6-10-24/h1-14,19-21,27-28H,15-18H2,(H,36,37,39)/b31-19-/t27-,28-/m1/s1. The summed E-state index contributed by atoms with van der Waals surface area (Å²) < 4.78 is 0. The van der Waals surface area contributed by atoms with E-state index in [1.54, 1.807) is 0 Å². The Morgan fingerprint density at radius 3 is 1.98 bits per heavy atom. The number of aliphatic imine (C=N–C) groups is 1. The maximum atomic E-state index is 12.8. The zero-order valence-corrected chi connectivity index (χ0v) is 23.5. The van der Waals surface area contributed by atoms with Crippen molar-refractivity contribution in [2.45, 2.75) is 24.7 Å². The van der Waals surface area contributed by atoms with Crippen LogP contribution < -0.4 is 10.2 Å². The molecule has 0 saturated carbocycles. The van der Waals surface area contributed by atoms with Crippen LogP contribution in [0.25, 0.3) is 6.08 Å². The summed E-state index contributed by atoms with van der Waals surface area (Å²) in [5.74, 6) is 0.493. The topological polar surface area (TPSA) is 44.7 Å². The third kappa shape index (κ3) is 4.85. The van der Waals surface area contributed by atoms with Gasteiger partial charge in [0.05, 0.1) is 10.6 Å². The molecule has 40 heavy (non-hydrogen) atoms. The van der Waals surface area contributed by atoms with E-state index in [-0.39, 0.29) is 5.91 Å². The second-order valence-corrected chi connectivity index (χ2v) is 12.0. The second-order valence-electron chi connectivity index (χ2n) is 10.5. The fraction of sp³-hybridized carbons (Fsp3) is 0.176. The van der Waals surface area contributed by atoms with Gasteiger partial charge in [-0.05, 0) is 82.8 Å². The Morgan fingerprint density at radius 1 is 0.825 bits per heavy atom. The lowest BCUT2D eigenvalue weighted by Crippen LogP contribution is -2.37. The lowest BCUT2D eigenvalue weighted by Gasteiger charge is -2.43. The van der Waals surface area contributed by atoms with Crippen LogP contribution in [0.4, 0.5) is 11.4 Å². The smallest absolute Gasteiger partial charge is 0.264 e. The van der Waals surface area contributed by atoms with Crippen molar-refractivity contribution in [3.8, 4) is 0 Å². The van der Waals surface area contributed by atoms with Gasteiger partial charge >= 0.3 is 0 Å². The van der Waals surface area contributed by atoms with Gasteiger partial charge in [-0.1, -0.05) is 84.4 Å². The molecule has 7 rings (SSSR count). The molecule has 6 heteroatoms. The summed E-state index contributed by atoms with van der Waals surface area (Å²) in [5.41, 5.74) is 8.53. The lowest BCUT2D eigenvalue weighted by atomic mass is 9.76. The first-order chi connectivity index (χ1) is 19.6. The Balaban J connectivity index is 1.31. The number of hydrogen-bond acceptors (Lipinski definition) is 4. The third-order valence-corrected chi connectivity index (χ3v) is 9.21. The molecule has 1 N–H and O–H groups in total. The van der Waals surface area contributed by atoms with Gasteiger partial charge in [-0.15, -0.1) is 0 Å². The Hall–Kier alpha value is -3.80. The number of halogens is 1. The van der Waals surface area contributed by atoms with Gasteiger partial charge in [-0.25, -0.2) is 4.99 Å². The van der Waals surface area contributed by atoms with Gasteiger partial charge in [0, 0.05) is 35.6 Å². The van der Waals surface area contributed by atoms with E-state index in [0.717, 1.165) is 37.2 Å². The van der Waals surface area contributed by atoms with Crippen molar-refractivity contribution in [3.05, 3.63) is 135 Å². The fourth-order valence-corrected chi connectivity index (χ4v) is 7.18. The molecule has 0 aromatic heterocycles. The molecule has 0 aliphatic carbocycles. The van der Waals surface area contributed by atoms with Crippen LogP contribution in [0.1, 0.15) is 52.5 Å². The van der Waals surface area contributed by atoms with Crippen LogP contribution >= 0.6 is 23.4 Å². The van der Waals surface area contributed by atoms with Gasteiger partial charge in [-0.2, -0.15) is 0 Å². The van der Waals surface area contributed by atoms with Crippen LogP contribution in [0.3, 0.4) is 0 Å². The van der Waals surface area contributed by atoms with E-state index in [1.807, 2.05) is 30.3 Å². The maximum Gasteiger partial charge on any atom is 0.264 e. The zero-order valence-electron chi connectivity index (χ0n) is 21.9. The molecular formula is C34H28ClN3OS. The van der Waals surface area contributed by atoms with Gasteiger partial charge in [0.25, 0.3) is 5.91 Å². The van der Waals surface area contributed by atoms with Crippen LogP contribution in [0, 0.1) is 0 Å². The summed E-state index contributed by atoms with van der Waals surface area (Å²) in [5, 5.41) is 4.26. The first-order valence-corrected chi connectivity index (χ1v) is 14.9. The number of hydrogen-bond donors (Lipinski definition) is 1. The molecule has 1 saturated heterocycles. The molecule has 0 bridgehead atoms. The van der Waals surface area contributed by atoms with Crippen LogP contribution in [-0.4, -0.2) is 24.2 Å². The minimum absolute atomic E-state index is 0.131. The van der Waals surface area contributed by atoms with Gasteiger partial charge < -0.3 is 10.2 Å². The summed E-state index contributed by atoms with van der Waals surface area (Å²) in [7, 11) is 0. The predicted octanol–water partition coefficient (Wildman–Crippen LogP) is 8.11. The summed E-state index contributed by atoms with van der Waals surface area (Å²) in [6.07, 6.45) is 4.03. The normalized spacial score (nSPS) is 21.9. The van der Waals surface area contributed by atoms with E-state index >= 15 is 0 Å². The average Bonchev–Trinajstić information content (AvgIpc) is 3.33. The fourth-order valence-electron chi connectivity index (χ4n) is 6.21. The van der Waals surface area contributed by atoms with E-state index in [1.165, 1.54) is 39.7 Å². The van der Waals surface area contributed by atoms with E-state index in [0.29, 0.717) is 26.9 Å². The molecule has 3 aliphatic heterocycles. The lowest BCUT2D eigenvalue weighted by molar-refractivity contribution is -0.115. The summed E-state index contributed by atoms with van der Waals surface area (Å²) >= 11 is 7.41. The minimum Gasteiger partial charge on any atom is -0.371 e. The van der Waals surface area contributed by atoms with E-state index in [4.69, 9.17) is 16.6 Å². The number of amidine groups is 1. The molecule has 1 amide bonds. The number of benzene rings is 4. The van der Waals surface area contributed by atoms with Gasteiger partial charge in [0.1, 0.15) is 0 Å². The molecule has 3 heterocycles. The summed E-state index contributed by atoms with van der Waals surface area (Å²) in [6, 6.07) is 33.6. The number of rotatable bonds is 4. The molecule has 4 aromatic rings. The van der Waals surface area contributed by atoms with Gasteiger partial charge in [0.2, 0.25) is 0 Å². The highest BCUT2D eigenvalue weighted by Crippen LogP contribution is 2.50. The number of anilines is 1. The number of nitrogens with zero attached hydrogens (tertiary/aromatic N) is 2. The van der Waals surface area contributed by atoms with E-state index in [9.17, 15) is 4.79 Å². The molecule has 198 valence electrons. The zero-order chi connectivity index (χ0) is 27.1. The number of amides is 1. The second kappa shape index (κ2) is 10.6. The molecular weight excluding hydrogens is 534 g/mol. The van der Waals surface area contributed by atoms with Crippen LogP contribution in [0.15, 0.2) is 107 Å². The highest BCUT2D eigenvalue weighted by atomic mass is 35.5. The summed E-state index contributed by atoms with van der Waals surface area (Å²) in [6.45, 7) is 2.11. The van der Waals surface area contributed by atoms with Gasteiger partial charge in [0.15, 0.2) is 5.17 Å². The van der Waals surface area contributed by atoms with Crippen LogP contribution in [0.5, 0.6) is 0 Å². The predicted molar refractivity (Wildman–Crippen MR) is 167 cm³/mol. The third-order valence-electron chi connectivity index (χ3n) is 8.05. The number of thioether (sulfide) groups is 1. The quantitative estimate of drug-likeness (QED) is 0.256. The monoisotopic (exact) mass is 561 g/mol. The van der Waals surface area contributed by atoms with Crippen molar-refractivity contribution in [2.24, 2.45) is 4.99 Å². The average molecular weight is 562 g/mol. The van der Waals surface area contributed by atoms with E-state index in [2.05, 4.69) is 83.0 Å². The molecule has 2 atom stereocenters. The Labute approximate surface area is 243 Å².